The summed E-state index contributed by atoms with van der Waals surface area (Å²) >= 11 is 0. The normalized spacial score (nSPS) is 17.2. The molecule has 0 aliphatic carbocycles. The Bertz CT molecular complexity index is 301. The fourth-order valence-corrected chi connectivity index (χ4v) is 2.45. The molecule has 1 atom stereocenters. The topological polar surface area (TPSA) is 48.3 Å². The van der Waals surface area contributed by atoms with Gasteiger partial charge >= 0.3 is 0 Å². The van der Waals surface area contributed by atoms with E-state index in [4.69, 9.17) is 4.74 Å². The number of nitrogens with zero attached hydrogens (tertiary/aromatic N) is 3. The summed E-state index contributed by atoms with van der Waals surface area (Å²) in [6.07, 6.45) is 1.65. The molecule has 1 rings (SSSR count). The van der Waals surface area contributed by atoms with Crippen molar-refractivity contribution < 1.29 is 9.84 Å². The lowest BCUT2D eigenvalue weighted by molar-refractivity contribution is 0.0401. The molecule has 124 valence electrons. The Balaban J connectivity index is 2.52. The van der Waals surface area contributed by atoms with E-state index in [0.717, 1.165) is 38.5 Å². The lowest BCUT2D eigenvalue weighted by Crippen LogP contribution is -2.41. The largest absolute Gasteiger partial charge is 0.389 e. The van der Waals surface area contributed by atoms with Crippen LogP contribution in [-0.4, -0.2) is 71.9 Å². The monoisotopic (exact) mass is 299 g/mol. The molecule has 1 fully saturated rings. The van der Waals surface area contributed by atoms with Gasteiger partial charge in [0.1, 0.15) is 0 Å². The van der Waals surface area contributed by atoms with Crippen molar-refractivity contribution >= 4 is 5.96 Å². The van der Waals surface area contributed by atoms with E-state index in [1.807, 2.05) is 0 Å². The highest BCUT2D eigenvalue weighted by atomic mass is 16.5. The van der Waals surface area contributed by atoms with Crippen LogP contribution < -0.4 is 0 Å². The number of aliphatic hydroxyl groups excluding tert-OH is 1. The minimum atomic E-state index is -0.516. The van der Waals surface area contributed by atoms with Crippen molar-refractivity contribution in [1.82, 2.24) is 9.80 Å². The molecule has 1 aliphatic heterocycles. The Labute approximate surface area is 130 Å². The molecular formula is C16H33N3O2. The van der Waals surface area contributed by atoms with E-state index in [2.05, 4.69) is 49.4 Å². The fraction of sp³-hybridized carbons (Fsp3) is 0.938. The lowest BCUT2D eigenvalue weighted by atomic mass is 10.3. The molecule has 5 heteroatoms. The lowest BCUT2D eigenvalue weighted by Gasteiger charge is -2.28. The smallest absolute Gasteiger partial charge is 0.197 e. The van der Waals surface area contributed by atoms with Gasteiger partial charge in [0.05, 0.1) is 19.3 Å². The van der Waals surface area contributed by atoms with E-state index in [-0.39, 0.29) is 0 Å². The van der Waals surface area contributed by atoms with Crippen LogP contribution in [0.3, 0.4) is 0 Å². The quantitative estimate of drug-likeness (QED) is 0.661. The number of aliphatic imine (C=N–C) groups is 1. The van der Waals surface area contributed by atoms with Gasteiger partial charge in [0.15, 0.2) is 5.96 Å². The molecule has 0 amide bonds. The number of hydrogen-bond acceptors (Lipinski definition) is 3. The second-order valence-corrected chi connectivity index (χ2v) is 6.30. The predicted octanol–water partition coefficient (Wildman–Crippen LogP) is 1.95. The van der Waals surface area contributed by atoms with Crippen LogP contribution in [0.5, 0.6) is 0 Å². The Hall–Kier alpha value is -0.810. The molecule has 21 heavy (non-hydrogen) atoms. The van der Waals surface area contributed by atoms with E-state index in [1.54, 1.807) is 0 Å². The van der Waals surface area contributed by atoms with Crippen LogP contribution in [0.1, 0.15) is 47.5 Å². The van der Waals surface area contributed by atoms with Crippen LogP contribution in [0.2, 0.25) is 0 Å². The number of rotatable bonds is 9. The van der Waals surface area contributed by atoms with E-state index < -0.39 is 6.10 Å². The molecule has 5 nitrogen and oxygen atoms in total. The summed E-state index contributed by atoms with van der Waals surface area (Å²) < 4.78 is 5.45. The van der Waals surface area contributed by atoms with Gasteiger partial charge < -0.3 is 19.6 Å². The molecule has 0 spiro atoms. The Morgan fingerprint density at radius 2 is 1.71 bits per heavy atom. The van der Waals surface area contributed by atoms with E-state index in [1.165, 1.54) is 0 Å². The Morgan fingerprint density at radius 3 is 2.19 bits per heavy atom. The van der Waals surface area contributed by atoms with Gasteiger partial charge in [-0.2, -0.15) is 0 Å². The van der Waals surface area contributed by atoms with Crippen LogP contribution in [0.25, 0.3) is 0 Å². The molecular weight excluding hydrogens is 266 g/mol. The van der Waals surface area contributed by atoms with Crippen molar-refractivity contribution in [1.29, 1.82) is 0 Å². The maximum atomic E-state index is 9.99. The van der Waals surface area contributed by atoms with Gasteiger partial charge in [-0.05, 0) is 34.1 Å². The number of hydrogen-bond donors (Lipinski definition) is 1. The van der Waals surface area contributed by atoms with Crippen molar-refractivity contribution in [2.24, 2.45) is 4.99 Å². The molecule has 1 aliphatic rings. The van der Waals surface area contributed by atoms with Crippen LogP contribution in [0, 0.1) is 0 Å². The number of ether oxygens (including phenoxy) is 1. The van der Waals surface area contributed by atoms with Gasteiger partial charge in [0.2, 0.25) is 0 Å². The molecule has 0 aromatic carbocycles. The van der Waals surface area contributed by atoms with Crippen LogP contribution in [0.4, 0.5) is 0 Å². The fourth-order valence-electron chi connectivity index (χ4n) is 2.45. The van der Waals surface area contributed by atoms with Gasteiger partial charge in [0.25, 0.3) is 0 Å². The van der Waals surface area contributed by atoms with Gasteiger partial charge in [-0.15, -0.1) is 0 Å². The second-order valence-electron chi connectivity index (χ2n) is 6.30. The first-order valence-electron chi connectivity index (χ1n) is 8.30. The first-order valence-corrected chi connectivity index (χ1v) is 8.30. The van der Waals surface area contributed by atoms with Gasteiger partial charge in [-0.3, -0.25) is 4.99 Å². The van der Waals surface area contributed by atoms with Crippen molar-refractivity contribution in [3.05, 3.63) is 0 Å². The molecule has 1 heterocycles. The third kappa shape index (κ3) is 5.83. The summed E-state index contributed by atoms with van der Waals surface area (Å²) in [5.41, 5.74) is 0. The molecule has 1 N–H and O–H groups in total. The molecule has 0 radical (unpaired) electrons. The third-order valence-corrected chi connectivity index (χ3v) is 3.74. The van der Waals surface area contributed by atoms with Crippen molar-refractivity contribution in [3.8, 4) is 0 Å². The average molecular weight is 299 g/mol. The molecule has 1 unspecified atom stereocenters. The highest BCUT2D eigenvalue weighted by molar-refractivity contribution is 5.82. The summed E-state index contributed by atoms with van der Waals surface area (Å²) in [6.45, 7) is 14.4. The first kappa shape index (κ1) is 18.2. The zero-order chi connectivity index (χ0) is 15.8. The van der Waals surface area contributed by atoms with Crippen LogP contribution in [-0.2, 0) is 4.74 Å². The maximum absolute atomic E-state index is 9.99. The highest BCUT2D eigenvalue weighted by Crippen LogP contribution is 2.15. The maximum Gasteiger partial charge on any atom is 0.197 e. The van der Waals surface area contributed by atoms with E-state index >= 15 is 0 Å². The number of unbranched alkanes of at least 4 members (excludes halogenated alkanes) is 1. The second kappa shape index (κ2) is 9.26. The zero-order valence-electron chi connectivity index (χ0n) is 14.4. The third-order valence-electron chi connectivity index (χ3n) is 3.74. The van der Waals surface area contributed by atoms with Crippen LogP contribution in [0.15, 0.2) is 4.99 Å². The highest BCUT2D eigenvalue weighted by Gasteiger charge is 2.29. The predicted molar refractivity (Wildman–Crippen MR) is 87.7 cm³/mol. The van der Waals surface area contributed by atoms with Gasteiger partial charge in [-0.1, -0.05) is 13.3 Å². The summed E-state index contributed by atoms with van der Waals surface area (Å²) in [6, 6.07) is 0.871. The number of guanidine groups is 1. The molecule has 1 saturated heterocycles. The zero-order valence-corrected chi connectivity index (χ0v) is 14.4. The first-order chi connectivity index (χ1) is 9.97. The summed E-state index contributed by atoms with van der Waals surface area (Å²) in [5, 5.41) is 9.99. The van der Waals surface area contributed by atoms with E-state index in [0.29, 0.717) is 25.2 Å². The van der Waals surface area contributed by atoms with Crippen molar-refractivity contribution in [3.63, 3.8) is 0 Å². The van der Waals surface area contributed by atoms with E-state index in [9.17, 15) is 5.11 Å². The summed E-state index contributed by atoms with van der Waals surface area (Å²) in [5.74, 6) is 1.02. The summed E-state index contributed by atoms with van der Waals surface area (Å²) in [7, 11) is 0. The Morgan fingerprint density at radius 1 is 1.14 bits per heavy atom. The van der Waals surface area contributed by atoms with Crippen molar-refractivity contribution in [2.75, 3.05) is 32.8 Å². The minimum absolute atomic E-state index is 0.375. The van der Waals surface area contributed by atoms with Crippen molar-refractivity contribution in [2.45, 2.75) is 65.6 Å². The molecule has 0 aromatic heterocycles. The molecule has 0 bridgehead atoms. The number of aliphatic hydroxyl groups is 1. The Kier molecular flexibility index (Phi) is 8.04. The summed E-state index contributed by atoms with van der Waals surface area (Å²) in [4.78, 5) is 9.29. The van der Waals surface area contributed by atoms with Crippen LogP contribution >= 0.6 is 0 Å². The van der Waals surface area contributed by atoms with Gasteiger partial charge in [0, 0.05) is 31.8 Å². The molecule has 0 saturated carbocycles. The van der Waals surface area contributed by atoms with Gasteiger partial charge in [-0.25, -0.2) is 0 Å². The standard InChI is InChI=1S/C16H33N3O2/c1-6-7-10-21-12-15(20)11-17-16-18(13(2)3)8-9-19(16)14(4)5/h13-15,20H,6-12H2,1-5H3. The SMILES string of the molecule is CCCCOCC(O)CN=C1N(C(C)C)CCN1C(C)C. The molecule has 0 aromatic rings. The average Bonchev–Trinajstić information content (AvgIpc) is 2.85. The minimum Gasteiger partial charge on any atom is -0.389 e.